The van der Waals surface area contributed by atoms with Crippen LogP contribution in [0.25, 0.3) is 0 Å². The molecule has 1 N–H and O–H groups in total. The van der Waals surface area contributed by atoms with Crippen molar-refractivity contribution < 1.29 is 0 Å². The first-order valence-electron chi connectivity index (χ1n) is 6.39. The van der Waals surface area contributed by atoms with Crippen LogP contribution in [0.15, 0.2) is 0 Å². The molecule has 1 aromatic heterocycles. The fourth-order valence-corrected chi connectivity index (χ4v) is 3.30. The van der Waals surface area contributed by atoms with E-state index in [-0.39, 0.29) is 0 Å². The lowest BCUT2D eigenvalue weighted by Gasteiger charge is -2.09. The average Bonchev–Trinajstić information content (AvgIpc) is 2.85. The second kappa shape index (κ2) is 5.78. The van der Waals surface area contributed by atoms with Gasteiger partial charge in [0.05, 0.1) is 10.7 Å². The third kappa shape index (κ3) is 3.29. The fraction of sp³-hybridized carbons (Fsp3) is 0.769. The van der Waals surface area contributed by atoms with Crippen molar-refractivity contribution in [3.05, 3.63) is 15.6 Å². The molecule has 0 saturated heterocycles. The molecule has 3 heteroatoms. The van der Waals surface area contributed by atoms with Gasteiger partial charge in [0.2, 0.25) is 0 Å². The Balaban J connectivity index is 1.64. The zero-order valence-corrected chi connectivity index (χ0v) is 11.2. The number of aromatic nitrogens is 1. The fourth-order valence-electron chi connectivity index (χ4n) is 2.36. The molecule has 90 valence electrons. The molecule has 0 bridgehead atoms. The zero-order chi connectivity index (χ0) is 11.4. The van der Waals surface area contributed by atoms with Gasteiger partial charge in [0, 0.05) is 17.8 Å². The minimum Gasteiger partial charge on any atom is -0.316 e. The lowest BCUT2D eigenvalue weighted by Crippen LogP contribution is -2.23. The van der Waals surface area contributed by atoms with E-state index in [9.17, 15) is 0 Å². The second-order valence-corrected chi connectivity index (χ2v) is 6.14. The zero-order valence-electron chi connectivity index (χ0n) is 10.4. The van der Waals surface area contributed by atoms with Crippen LogP contribution in [0, 0.1) is 19.8 Å². The van der Waals surface area contributed by atoms with E-state index in [1.807, 2.05) is 11.3 Å². The lowest BCUT2D eigenvalue weighted by atomic mass is 10.1. The highest BCUT2D eigenvalue weighted by atomic mass is 32.1. The van der Waals surface area contributed by atoms with Crippen LogP contribution in [-0.4, -0.2) is 18.1 Å². The molecule has 1 aromatic rings. The van der Waals surface area contributed by atoms with Crippen LogP contribution in [0.3, 0.4) is 0 Å². The van der Waals surface area contributed by atoms with Gasteiger partial charge >= 0.3 is 0 Å². The van der Waals surface area contributed by atoms with E-state index in [0.29, 0.717) is 0 Å². The molecule has 0 unspecified atom stereocenters. The molecule has 0 spiro atoms. The predicted octanol–water partition coefficient (Wildman–Crippen LogP) is 3.08. The minimum absolute atomic E-state index is 0.944. The van der Waals surface area contributed by atoms with E-state index < -0.39 is 0 Å². The van der Waals surface area contributed by atoms with Crippen LogP contribution in [0.2, 0.25) is 0 Å². The van der Waals surface area contributed by atoms with E-state index in [0.717, 1.165) is 18.9 Å². The van der Waals surface area contributed by atoms with E-state index in [1.54, 1.807) is 0 Å². The summed E-state index contributed by atoms with van der Waals surface area (Å²) in [4.78, 5) is 5.92. The predicted molar refractivity (Wildman–Crippen MR) is 70.1 cm³/mol. The number of nitrogens with zero attached hydrogens (tertiary/aromatic N) is 1. The first kappa shape index (κ1) is 12.1. The highest BCUT2D eigenvalue weighted by molar-refractivity contribution is 7.11. The maximum absolute atomic E-state index is 4.56. The number of aryl methyl sites for hydroxylation is 2. The van der Waals surface area contributed by atoms with Crippen LogP contribution in [0.4, 0.5) is 0 Å². The van der Waals surface area contributed by atoms with Crippen molar-refractivity contribution in [2.75, 3.05) is 13.1 Å². The maximum Gasteiger partial charge on any atom is 0.0943 e. The van der Waals surface area contributed by atoms with E-state index in [2.05, 4.69) is 24.1 Å². The van der Waals surface area contributed by atoms with Crippen LogP contribution >= 0.6 is 11.3 Å². The summed E-state index contributed by atoms with van der Waals surface area (Å²) in [5.74, 6) is 0.944. The summed E-state index contributed by atoms with van der Waals surface area (Å²) >= 11 is 1.85. The van der Waals surface area contributed by atoms with E-state index in [1.165, 1.54) is 47.8 Å². The number of nitrogens with one attached hydrogen (secondary N) is 1. The van der Waals surface area contributed by atoms with Crippen LogP contribution in [-0.2, 0) is 6.42 Å². The number of rotatable bonds is 5. The third-order valence-corrected chi connectivity index (χ3v) is 4.63. The first-order valence-corrected chi connectivity index (χ1v) is 7.21. The Labute approximate surface area is 102 Å². The quantitative estimate of drug-likeness (QED) is 0.797. The Kier molecular flexibility index (Phi) is 4.36. The molecular weight excluding hydrogens is 216 g/mol. The van der Waals surface area contributed by atoms with Crippen molar-refractivity contribution in [3.8, 4) is 0 Å². The molecule has 0 atom stereocenters. The van der Waals surface area contributed by atoms with Gasteiger partial charge in [-0.15, -0.1) is 11.3 Å². The molecule has 0 aromatic carbocycles. The van der Waals surface area contributed by atoms with Gasteiger partial charge in [0.25, 0.3) is 0 Å². The van der Waals surface area contributed by atoms with Crippen molar-refractivity contribution in [2.24, 2.45) is 5.92 Å². The van der Waals surface area contributed by atoms with Crippen LogP contribution < -0.4 is 5.32 Å². The highest BCUT2D eigenvalue weighted by Crippen LogP contribution is 2.23. The third-order valence-electron chi connectivity index (χ3n) is 3.50. The molecule has 0 radical (unpaired) electrons. The monoisotopic (exact) mass is 238 g/mol. The smallest absolute Gasteiger partial charge is 0.0943 e. The van der Waals surface area contributed by atoms with Crippen molar-refractivity contribution in [1.82, 2.24) is 10.3 Å². The number of hydrogen-bond acceptors (Lipinski definition) is 3. The summed E-state index contributed by atoms with van der Waals surface area (Å²) in [6.07, 6.45) is 6.84. The second-order valence-electron chi connectivity index (χ2n) is 4.85. The normalized spacial score (nSPS) is 17.1. The van der Waals surface area contributed by atoms with Crippen molar-refractivity contribution in [2.45, 2.75) is 46.0 Å². The van der Waals surface area contributed by atoms with Crippen LogP contribution in [0.5, 0.6) is 0 Å². The largest absolute Gasteiger partial charge is 0.316 e. The van der Waals surface area contributed by atoms with Gasteiger partial charge in [-0.2, -0.15) is 0 Å². The number of hydrogen-bond donors (Lipinski definition) is 1. The molecule has 1 fully saturated rings. The summed E-state index contributed by atoms with van der Waals surface area (Å²) in [7, 11) is 0. The van der Waals surface area contributed by atoms with Gasteiger partial charge < -0.3 is 5.32 Å². The molecule has 2 rings (SSSR count). The minimum atomic E-state index is 0.944. The van der Waals surface area contributed by atoms with Gasteiger partial charge in [0.1, 0.15) is 0 Å². The topological polar surface area (TPSA) is 24.9 Å². The summed E-state index contributed by atoms with van der Waals surface area (Å²) in [5, 5.41) is 4.86. The Hall–Kier alpha value is -0.410. The van der Waals surface area contributed by atoms with Crippen molar-refractivity contribution in [1.29, 1.82) is 0 Å². The Morgan fingerprint density at radius 3 is 2.69 bits per heavy atom. The molecule has 1 aliphatic carbocycles. The molecule has 1 aliphatic rings. The van der Waals surface area contributed by atoms with Gasteiger partial charge in [-0.25, -0.2) is 4.98 Å². The Bertz CT molecular complexity index is 307. The standard InChI is InChI=1S/C13H22N2S/c1-10-11(2)16-13(15-10)7-8-14-9-12-5-3-4-6-12/h12,14H,3-9H2,1-2H3. The average molecular weight is 238 g/mol. The van der Waals surface area contributed by atoms with Gasteiger partial charge in [0.15, 0.2) is 0 Å². The Morgan fingerprint density at radius 2 is 2.06 bits per heavy atom. The van der Waals surface area contributed by atoms with Crippen molar-refractivity contribution >= 4 is 11.3 Å². The summed E-state index contributed by atoms with van der Waals surface area (Å²) in [5.41, 5.74) is 1.20. The Morgan fingerprint density at radius 1 is 1.31 bits per heavy atom. The summed E-state index contributed by atoms with van der Waals surface area (Å²) < 4.78 is 0. The molecule has 0 amide bonds. The van der Waals surface area contributed by atoms with Crippen LogP contribution in [0.1, 0.15) is 41.3 Å². The molecule has 1 heterocycles. The van der Waals surface area contributed by atoms with E-state index >= 15 is 0 Å². The van der Waals surface area contributed by atoms with E-state index in [4.69, 9.17) is 0 Å². The lowest BCUT2D eigenvalue weighted by molar-refractivity contribution is 0.491. The molecule has 16 heavy (non-hydrogen) atoms. The van der Waals surface area contributed by atoms with Gasteiger partial charge in [-0.05, 0) is 39.2 Å². The molecule has 0 aliphatic heterocycles. The molecular formula is C13H22N2S. The summed E-state index contributed by atoms with van der Waals surface area (Å²) in [6, 6.07) is 0. The number of thiazole rings is 1. The highest BCUT2D eigenvalue weighted by Gasteiger charge is 2.13. The maximum atomic E-state index is 4.56. The summed E-state index contributed by atoms with van der Waals surface area (Å²) in [6.45, 7) is 6.55. The van der Waals surface area contributed by atoms with Gasteiger partial charge in [-0.1, -0.05) is 12.8 Å². The van der Waals surface area contributed by atoms with Gasteiger partial charge in [-0.3, -0.25) is 0 Å². The molecule has 1 saturated carbocycles. The SMILES string of the molecule is Cc1nc(CCNCC2CCCC2)sc1C. The van der Waals surface area contributed by atoms with Crippen molar-refractivity contribution in [3.63, 3.8) is 0 Å². The first-order chi connectivity index (χ1) is 7.75. The molecule has 2 nitrogen and oxygen atoms in total.